The van der Waals surface area contributed by atoms with Gasteiger partial charge >= 0.3 is 0 Å². The number of hydrogen-bond donors (Lipinski definition) is 3. The van der Waals surface area contributed by atoms with E-state index in [1.54, 1.807) is 31.2 Å². The van der Waals surface area contributed by atoms with Gasteiger partial charge in [-0.15, -0.1) is 0 Å². The van der Waals surface area contributed by atoms with Crippen LogP contribution in [0.15, 0.2) is 65.5 Å². The van der Waals surface area contributed by atoms with Crippen LogP contribution in [0.4, 0.5) is 0 Å². The second kappa shape index (κ2) is 7.32. The van der Waals surface area contributed by atoms with Crippen LogP contribution in [0, 0.1) is 0 Å². The molecule has 0 saturated carbocycles. The second-order valence-corrected chi connectivity index (χ2v) is 6.12. The molecule has 0 fully saturated rings. The number of nitrogens with one attached hydrogen (secondary N) is 2. The van der Waals surface area contributed by atoms with Crippen molar-refractivity contribution in [2.24, 2.45) is 0 Å². The lowest BCUT2D eigenvalue weighted by Crippen LogP contribution is -2.42. The topological polar surface area (TPSA) is 82.2 Å². The van der Waals surface area contributed by atoms with Gasteiger partial charge in [-0.3, -0.25) is 9.59 Å². The van der Waals surface area contributed by atoms with Crippen molar-refractivity contribution in [3.63, 3.8) is 0 Å². The van der Waals surface area contributed by atoms with E-state index in [-0.39, 0.29) is 11.3 Å². The molecule has 2 unspecified atom stereocenters. The van der Waals surface area contributed by atoms with E-state index >= 15 is 0 Å². The zero-order chi connectivity index (χ0) is 17.8. The third-order valence-corrected chi connectivity index (χ3v) is 4.22. The van der Waals surface area contributed by atoms with Crippen molar-refractivity contribution in [2.45, 2.75) is 25.5 Å². The van der Waals surface area contributed by atoms with Gasteiger partial charge in [0.05, 0.1) is 12.1 Å². The number of amides is 1. The Morgan fingerprint density at radius 3 is 2.56 bits per heavy atom. The smallest absolute Gasteiger partial charge is 0.268 e. The molecule has 2 aromatic carbocycles. The summed E-state index contributed by atoms with van der Waals surface area (Å²) in [6, 6.07) is 17.9. The minimum atomic E-state index is -0.724. The summed E-state index contributed by atoms with van der Waals surface area (Å²) in [4.78, 5) is 27.1. The molecule has 128 valence electrons. The highest BCUT2D eigenvalue weighted by atomic mass is 16.3. The lowest BCUT2D eigenvalue weighted by molar-refractivity contribution is 0.0847. The summed E-state index contributed by atoms with van der Waals surface area (Å²) in [5, 5.41) is 14.3. The van der Waals surface area contributed by atoms with Crippen molar-refractivity contribution in [3.05, 3.63) is 82.3 Å². The summed E-state index contributed by atoms with van der Waals surface area (Å²) >= 11 is 0. The molecule has 25 heavy (non-hydrogen) atoms. The van der Waals surface area contributed by atoms with Crippen LogP contribution < -0.4 is 10.9 Å². The van der Waals surface area contributed by atoms with Crippen molar-refractivity contribution in [1.82, 2.24) is 10.3 Å². The van der Waals surface area contributed by atoms with Crippen molar-refractivity contribution in [1.29, 1.82) is 0 Å². The third-order valence-electron chi connectivity index (χ3n) is 4.22. The van der Waals surface area contributed by atoms with Gasteiger partial charge in [0.15, 0.2) is 0 Å². The van der Waals surface area contributed by atoms with Crippen LogP contribution >= 0.6 is 0 Å². The Balaban J connectivity index is 1.72. The summed E-state index contributed by atoms with van der Waals surface area (Å²) in [7, 11) is 0. The van der Waals surface area contributed by atoms with Crippen LogP contribution in [0.5, 0.6) is 0 Å². The average molecular weight is 336 g/mol. The molecule has 1 amide bonds. The standard InChI is InChI=1S/C20H20N2O3/c1-13(18(23)11-14-7-3-2-4-8-14)21-20(25)17-12-15-9-5-6-10-16(15)19(24)22-17/h2-10,12-13,18,23H,11H2,1H3,(H,21,25)(H,22,24). The van der Waals surface area contributed by atoms with Crippen LogP contribution in [0.2, 0.25) is 0 Å². The van der Waals surface area contributed by atoms with Crippen molar-refractivity contribution >= 4 is 16.7 Å². The van der Waals surface area contributed by atoms with E-state index in [1.165, 1.54) is 0 Å². The fourth-order valence-electron chi connectivity index (χ4n) is 2.75. The highest BCUT2D eigenvalue weighted by Gasteiger charge is 2.18. The third kappa shape index (κ3) is 3.95. The van der Waals surface area contributed by atoms with Crippen molar-refractivity contribution in [3.8, 4) is 0 Å². The fraction of sp³-hybridized carbons (Fsp3) is 0.200. The SMILES string of the molecule is CC(NC(=O)c1cc2ccccc2c(=O)[nH]1)C(O)Cc1ccccc1. The second-order valence-electron chi connectivity index (χ2n) is 6.12. The summed E-state index contributed by atoms with van der Waals surface area (Å²) in [5.74, 6) is -0.414. The summed E-state index contributed by atoms with van der Waals surface area (Å²) in [5.41, 5.74) is 0.874. The largest absolute Gasteiger partial charge is 0.391 e. The quantitative estimate of drug-likeness (QED) is 0.668. The first kappa shape index (κ1) is 16.9. The number of carbonyl (C=O) groups excluding carboxylic acids is 1. The summed E-state index contributed by atoms with van der Waals surface area (Å²) in [6.07, 6.45) is -0.283. The first-order valence-electron chi connectivity index (χ1n) is 8.19. The van der Waals surface area contributed by atoms with E-state index < -0.39 is 18.1 Å². The molecule has 5 nitrogen and oxygen atoms in total. The molecule has 2 atom stereocenters. The van der Waals surface area contributed by atoms with E-state index in [0.29, 0.717) is 17.2 Å². The number of fused-ring (bicyclic) bond motifs is 1. The van der Waals surface area contributed by atoms with Crippen LogP contribution in [0.25, 0.3) is 10.8 Å². The maximum absolute atomic E-state index is 12.4. The molecule has 0 bridgehead atoms. The number of pyridine rings is 1. The van der Waals surface area contributed by atoms with Gasteiger partial charge in [0.1, 0.15) is 5.69 Å². The molecule has 0 saturated heterocycles. The first-order valence-corrected chi connectivity index (χ1v) is 8.19. The predicted molar refractivity (Wildman–Crippen MR) is 97.6 cm³/mol. The van der Waals surface area contributed by atoms with Crippen LogP contribution in [-0.4, -0.2) is 28.1 Å². The Labute approximate surface area is 145 Å². The van der Waals surface area contributed by atoms with Gasteiger partial charge < -0.3 is 15.4 Å². The number of aromatic nitrogens is 1. The number of aromatic amines is 1. The summed E-state index contributed by atoms with van der Waals surface area (Å²) in [6.45, 7) is 1.74. The van der Waals surface area contributed by atoms with Gasteiger partial charge in [-0.1, -0.05) is 48.5 Å². The molecule has 3 rings (SSSR count). The minimum absolute atomic E-state index is 0.183. The van der Waals surface area contributed by atoms with Gasteiger partial charge in [-0.2, -0.15) is 0 Å². The molecule has 0 aliphatic carbocycles. The number of rotatable bonds is 5. The monoisotopic (exact) mass is 336 g/mol. The maximum Gasteiger partial charge on any atom is 0.268 e. The van der Waals surface area contributed by atoms with Gasteiger partial charge in [-0.05, 0) is 30.0 Å². The Morgan fingerprint density at radius 2 is 1.80 bits per heavy atom. The molecular formula is C20H20N2O3. The lowest BCUT2D eigenvalue weighted by Gasteiger charge is -2.20. The van der Waals surface area contributed by atoms with E-state index in [2.05, 4.69) is 10.3 Å². The predicted octanol–water partition coefficient (Wildman–Crippen LogP) is 2.25. The zero-order valence-electron chi connectivity index (χ0n) is 13.9. The molecule has 1 heterocycles. The Bertz CT molecular complexity index is 934. The van der Waals surface area contributed by atoms with E-state index in [0.717, 1.165) is 5.56 Å². The van der Waals surface area contributed by atoms with Crippen molar-refractivity contribution in [2.75, 3.05) is 0 Å². The molecule has 0 aliphatic rings. The Kier molecular flexibility index (Phi) is 4.95. The number of aliphatic hydroxyl groups is 1. The fourth-order valence-corrected chi connectivity index (χ4v) is 2.75. The molecule has 1 aromatic heterocycles. The Hall–Kier alpha value is -2.92. The highest BCUT2D eigenvalue weighted by molar-refractivity contribution is 5.96. The maximum atomic E-state index is 12.4. The molecule has 5 heteroatoms. The van der Waals surface area contributed by atoms with Crippen LogP contribution in [0.1, 0.15) is 23.0 Å². The Morgan fingerprint density at radius 1 is 1.12 bits per heavy atom. The molecule has 0 radical (unpaired) electrons. The number of benzene rings is 2. The van der Waals surface area contributed by atoms with Gasteiger partial charge in [0.2, 0.25) is 0 Å². The molecule has 0 aliphatic heterocycles. The number of carbonyl (C=O) groups is 1. The average Bonchev–Trinajstić information content (AvgIpc) is 2.62. The summed E-state index contributed by atoms with van der Waals surface area (Å²) < 4.78 is 0. The highest BCUT2D eigenvalue weighted by Crippen LogP contribution is 2.11. The van der Waals surface area contributed by atoms with Gasteiger partial charge in [0, 0.05) is 11.8 Å². The molecule has 3 N–H and O–H groups in total. The number of aliphatic hydroxyl groups excluding tert-OH is 1. The van der Waals surface area contributed by atoms with Gasteiger partial charge in [0.25, 0.3) is 11.5 Å². The minimum Gasteiger partial charge on any atom is -0.391 e. The van der Waals surface area contributed by atoms with Gasteiger partial charge in [-0.25, -0.2) is 0 Å². The molecule has 3 aromatic rings. The van der Waals surface area contributed by atoms with E-state index in [9.17, 15) is 14.7 Å². The van der Waals surface area contributed by atoms with E-state index in [1.807, 2.05) is 36.4 Å². The lowest BCUT2D eigenvalue weighted by atomic mass is 10.0. The molecular weight excluding hydrogens is 316 g/mol. The number of H-pyrrole nitrogens is 1. The number of hydrogen-bond acceptors (Lipinski definition) is 3. The first-order chi connectivity index (χ1) is 12.0. The van der Waals surface area contributed by atoms with Crippen LogP contribution in [0.3, 0.4) is 0 Å². The van der Waals surface area contributed by atoms with E-state index in [4.69, 9.17) is 0 Å². The normalized spacial score (nSPS) is 13.4. The zero-order valence-corrected chi connectivity index (χ0v) is 13.9. The molecule has 0 spiro atoms. The van der Waals surface area contributed by atoms with Crippen LogP contribution in [-0.2, 0) is 6.42 Å². The van der Waals surface area contributed by atoms with Crippen molar-refractivity contribution < 1.29 is 9.90 Å².